The SMILES string of the molecule is O=C(O)[C@H]1C[C@@H](O)CN1c1nc(-n2ccnc2)ns1. The van der Waals surface area contributed by atoms with Crippen LogP contribution in [0.2, 0.25) is 0 Å². The number of aliphatic hydroxyl groups excluding tert-OH is 1. The molecule has 0 amide bonds. The van der Waals surface area contributed by atoms with Crippen LogP contribution in [0.25, 0.3) is 5.95 Å². The van der Waals surface area contributed by atoms with E-state index in [1.807, 2.05) is 0 Å². The highest BCUT2D eigenvalue weighted by Gasteiger charge is 2.37. The monoisotopic (exact) mass is 281 g/mol. The molecule has 9 heteroatoms. The minimum Gasteiger partial charge on any atom is -0.480 e. The molecule has 100 valence electrons. The minimum absolute atomic E-state index is 0.204. The summed E-state index contributed by atoms with van der Waals surface area (Å²) in [6, 6.07) is -0.751. The molecule has 3 rings (SSSR count). The maximum absolute atomic E-state index is 11.2. The van der Waals surface area contributed by atoms with Crippen molar-refractivity contribution in [1.82, 2.24) is 18.9 Å². The molecule has 0 aromatic carbocycles. The fraction of sp³-hybridized carbons (Fsp3) is 0.400. The first-order valence-electron chi connectivity index (χ1n) is 5.64. The fourth-order valence-corrected chi connectivity index (χ4v) is 2.79. The zero-order valence-electron chi connectivity index (χ0n) is 9.75. The molecule has 1 fully saturated rings. The Kier molecular flexibility index (Phi) is 2.91. The number of nitrogens with zero attached hydrogens (tertiary/aromatic N) is 5. The van der Waals surface area contributed by atoms with Crippen LogP contribution in [0.3, 0.4) is 0 Å². The summed E-state index contributed by atoms with van der Waals surface area (Å²) in [7, 11) is 0. The molecule has 1 saturated heterocycles. The number of aromatic nitrogens is 4. The Balaban J connectivity index is 1.88. The van der Waals surface area contributed by atoms with E-state index < -0.39 is 18.1 Å². The van der Waals surface area contributed by atoms with Crippen molar-refractivity contribution >= 4 is 22.6 Å². The van der Waals surface area contributed by atoms with Crippen LogP contribution in [0, 0.1) is 0 Å². The van der Waals surface area contributed by atoms with E-state index in [1.165, 1.54) is 0 Å². The number of carboxylic acid groups (broad SMARTS) is 1. The largest absolute Gasteiger partial charge is 0.480 e. The van der Waals surface area contributed by atoms with Gasteiger partial charge >= 0.3 is 5.97 Å². The zero-order valence-corrected chi connectivity index (χ0v) is 10.6. The molecule has 1 aliphatic rings. The molecule has 0 unspecified atom stereocenters. The highest BCUT2D eigenvalue weighted by Crippen LogP contribution is 2.28. The number of hydrogen-bond donors (Lipinski definition) is 2. The van der Waals surface area contributed by atoms with E-state index in [2.05, 4.69) is 14.3 Å². The Morgan fingerprint density at radius 3 is 3.05 bits per heavy atom. The van der Waals surface area contributed by atoms with Crippen molar-refractivity contribution in [3.8, 4) is 5.95 Å². The van der Waals surface area contributed by atoms with Gasteiger partial charge in [0.25, 0.3) is 0 Å². The fourth-order valence-electron chi connectivity index (χ4n) is 2.07. The highest BCUT2D eigenvalue weighted by molar-refractivity contribution is 7.09. The van der Waals surface area contributed by atoms with E-state index in [9.17, 15) is 9.90 Å². The van der Waals surface area contributed by atoms with Gasteiger partial charge in [-0.2, -0.15) is 9.36 Å². The summed E-state index contributed by atoms with van der Waals surface area (Å²) < 4.78 is 5.80. The van der Waals surface area contributed by atoms with E-state index in [0.717, 1.165) is 11.5 Å². The van der Waals surface area contributed by atoms with Crippen molar-refractivity contribution in [2.45, 2.75) is 18.6 Å². The summed E-state index contributed by atoms with van der Waals surface area (Å²) in [5.41, 5.74) is 0. The summed E-state index contributed by atoms with van der Waals surface area (Å²) in [4.78, 5) is 20.9. The van der Waals surface area contributed by atoms with Gasteiger partial charge in [-0.15, -0.1) is 0 Å². The van der Waals surface area contributed by atoms with E-state index in [-0.39, 0.29) is 13.0 Å². The molecule has 2 aromatic heterocycles. The van der Waals surface area contributed by atoms with Crippen LogP contribution in [-0.4, -0.2) is 53.8 Å². The van der Waals surface area contributed by atoms with Crippen LogP contribution in [0.15, 0.2) is 18.7 Å². The third kappa shape index (κ3) is 2.17. The number of imidazole rings is 1. The molecule has 1 aliphatic heterocycles. The quantitative estimate of drug-likeness (QED) is 0.799. The Hall–Kier alpha value is -2.00. The van der Waals surface area contributed by atoms with E-state index in [4.69, 9.17) is 5.11 Å². The molecule has 0 spiro atoms. The molecular weight excluding hydrogens is 270 g/mol. The molecule has 0 radical (unpaired) electrons. The number of carboxylic acids is 1. The molecule has 0 aliphatic carbocycles. The maximum Gasteiger partial charge on any atom is 0.326 e. The number of carbonyl (C=O) groups is 1. The predicted octanol–water partition coefficient (Wildman–Crippen LogP) is -0.252. The summed E-state index contributed by atoms with van der Waals surface area (Å²) >= 11 is 1.11. The molecule has 3 heterocycles. The summed E-state index contributed by atoms with van der Waals surface area (Å²) in [6.45, 7) is 0.259. The average molecular weight is 281 g/mol. The van der Waals surface area contributed by atoms with E-state index in [1.54, 1.807) is 28.2 Å². The highest BCUT2D eigenvalue weighted by atomic mass is 32.1. The topological polar surface area (TPSA) is 104 Å². The zero-order chi connectivity index (χ0) is 13.4. The lowest BCUT2D eigenvalue weighted by molar-refractivity contribution is -0.138. The lowest BCUT2D eigenvalue weighted by Crippen LogP contribution is -2.35. The summed E-state index contributed by atoms with van der Waals surface area (Å²) in [6.07, 6.45) is 4.44. The van der Waals surface area contributed by atoms with E-state index in [0.29, 0.717) is 11.1 Å². The summed E-state index contributed by atoms with van der Waals surface area (Å²) in [5.74, 6) is -0.515. The molecule has 2 aromatic rings. The van der Waals surface area contributed by atoms with Gasteiger partial charge in [-0.3, -0.25) is 4.57 Å². The third-order valence-corrected chi connectivity index (χ3v) is 3.69. The predicted molar refractivity (Wildman–Crippen MR) is 66.4 cm³/mol. The van der Waals surface area contributed by atoms with Gasteiger partial charge in [-0.05, 0) is 0 Å². The first kappa shape index (κ1) is 12.1. The van der Waals surface area contributed by atoms with Gasteiger partial charge in [0, 0.05) is 36.9 Å². The standard InChI is InChI=1S/C10H11N5O3S/c16-6-3-7(8(17)18)15(4-6)10-12-9(13-19-10)14-2-1-11-5-14/h1-2,5-7,16H,3-4H2,(H,17,18)/t6-,7-/m1/s1. The number of β-amino-alcohol motifs (C(OH)–C–C–N with tert-alkyl or cyclic N) is 1. The molecule has 8 nitrogen and oxygen atoms in total. The normalized spacial score (nSPS) is 22.9. The van der Waals surface area contributed by atoms with Crippen LogP contribution in [0.5, 0.6) is 0 Å². The first-order valence-corrected chi connectivity index (χ1v) is 6.42. The number of anilines is 1. The van der Waals surface area contributed by atoms with Crippen molar-refractivity contribution in [1.29, 1.82) is 0 Å². The second-order valence-electron chi connectivity index (χ2n) is 4.24. The molecule has 2 N–H and O–H groups in total. The van der Waals surface area contributed by atoms with Crippen molar-refractivity contribution < 1.29 is 15.0 Å². The van der Waals surface area contributed by atoms with Crippen LogP contribution < -0.4 is 4.90 Å². The smallest absolute Gasteiger partial charge is 0.326 e. The number of rotatable bonds is 3. The Labute approximate surface area is 112 Å². The number of aliphatic carboxylic acids is 1. The lowest BCUT2D eigenvalue weighted by atomic mass is 10.2. The number of aliphatic hydroxyl groups is 1. The first-order chi connectivity index (χ1) is 9.15. The van der Waals surface area contributed by atoms with Crippen LogP contribution in [0.4, 0.5) is 5.13 Å². The lowest BCUT2D eigenvalue weighted by Gasteiger charge is -2.18. The Morgan fingerprint density at radius 1 is 1.53 bits per heavy atom. The van der Waals surface area contributed by atoms with Gasteiger partial charge in [-0.25, -0.2) is 9.78 Å². The number of hydrogen-bond acceptors (Lipinski definition) is 7. The Morgan fingerprint density at radius 2 is 2.37 bits per heavy atom. The van der Waals surface area contributed by atoms with Crippen molar-refractivity contribution in [3.63, 3.8) is 0 Å². The van der Waals surface area contributed by atoms with Crippen molar-refractivity contribution in [2.24, 2.45) is 0 Å². The minimum atomic E-state index is -0.962. The summed E-state index contributed by atoms with van der Waals surface area (Å²) in [5, 5.41) is 19.2. The molecule has 19 heavy (non-hydrogen) atoms. The maximum atomic E-state index is 11.2. The second kappa shape index (κ2) is 4.59. The van der Waals surface area contributed by atoms with Gasteiger partial charge in [0.1, 0.15) is 12.4 Å². The van der Waals surface area contributed by atoms with Gasteiger partial charge in [0.15, 0.2) is 0 Å². The van der Waals surface area contributed by atoms with E-state index >= 15 is 0 Å². The Bertz CT molecular complexity index is 584. The van der Waals surface area contributed by atoms with Gasteiger partial charge in [-0.1, -0.05) is 0 Å². The van der Waals surface area contributed by atoms with Crippen LogP contribution >= 0.6 is 11.5 Å². The second-order valence-corrected chi connectivity index (χ2v) is 4.97. The van der Waals surface area contributed by atoms with Gasteiger partial charge < -0.3 is 15.1 Å². The van der Waals surface area contributed by atoms with Crippen LogP contribution in [0.1, 0.15) is 6.42 Å². The van der Waals surface area contributed by atoms with Crippen LogP contribution in [-0.2, 0) is 4.79 Å². The molecule has 0 saturated carbocycles. The van der Waals surface area contributed by atoms with Crippen molar-refractivity contribution in [3.05, 3.63) is 18.7 Å². The molecule has 2 atom stereocenters. The molecular formula is C10H11N5O3S. The van der Waals surface area contributed by atoms with Crippen molar-refractivity contribution in [2.75, 3.05) is 11.4 Å². The third-order valence-electron chi connectivity index (χ3n) is 2.95. The average Bonchev–Trinajstić information content (AvgIpc) is 3.07. The van der Waals surface area contributed by atoms with Gasteiger partial charge in [0.05, 0.1) is 6.10 Å². The molecule has 0 bridgehead atoms. The van der Waals surface area contributed by atoms with Gasteiger partial charge in [0.2, 0.25) is 11.1 Å².